The summed E-state index contributed by atoms with van der Waals surface area (Å²) in [7, 11) is 0. The van der Waals surface area contributed by atoms with Gasteiger partial charge in [0, 0.05) is 13.0 Å². The molecule has 12 nitrogen and oxygen atoms in total. The normalized spacial score (nSPS) is 19.6. The van der Waals surface area contributed by atoms with Crippen molar-refractivity contribution in [1.82, 2.24) is 19.5 Å². The van der Waals surface area contributed by atoms with Gasteiger partial charge in [0.05, 0.1) is 26.4 Å². The molecule has 45 heavy (non-hydrogen) atoms. The molecule has 4 atom stereocenters. The second kappa shape index (κ2) is 14.0. The number of imidazole rings is 1. The average molecular weight is 613 g/mol. The van der Waals surface area contributed by atoms with Gasteiger partial charge in [-0.05, 0) is 34.4 Å². The topological polar surface area (TPSA) is 170 Å². The first kappa shape index (κ1) is 30.4. The van der Waals surface area contributed by atoms with Crippen molar-refractivity contribution < 1.29 is 29.5 Å². The summed E-state index contributed by atoms with van der Waals surface area (Å²) in [6.07, 6.45) is -2.51. The number of fused-ring (bicyclic) bond motifs is 1. The van der Waals surface area contributed by atoms with Crippen LogP contribution in [0.4, 0.5) is 11.8 Å². The van der Waals surface area contributed by atoms with E-state index >= 15 is 0 Å². The summed E-state index contributed by atoms with van der Waals surface area (Å²) in [5.41, 5.74) is 10.9. The number of aliphatic hydroxyl groups excluding tert-OH is 3. The van der Waals surface area contributed by atoms with Gasteiger partial charge < -0.3 is 40.6 Å². The van der Waals surface area contributed by atoms with E-state index in [0.717, 1.165) is 34.4 Å². The SMILES string of the molecule is Nc1ncnc2c1nc(NCc1ccc(-c3cccc(OCCCOCc4ccccc4)c3)cc1)n2[C@@H]1O[C@H](CO)[C@@H](O)[C@H]1O. The zero-order valence-corrected chi connectivity index (χ0v) is 24.6. The van der Waals surface area contributed by atoms with Crippen LogP contribution in [0.25, 0.3) is 22.3 Å². The Bertz CT molecular complexity index is 1700. The summed E-state index contributed by atoms with van der Waals surface area (Å²) in [6.45, 7) is 1.72. The fourth-order valence-corrected chi connectivity index (χ4v) is 5.26. The lowest BCUT2D eigenvalue weighted by Crippen LogP contribution is -2.33. The van der Waals surface area contributed by atoms with Gasteiger partial charge in [-0.15, -0.1) is 0 Å². The lowest BCUT2D eigenvalue weighted by Gasteiger charge is -2.19. The minimum atomic E-state index is -1.32. The van der Waals surface area contributed by atoms with Gasteiger partial charge in [0.15, 0.2) is 23.2 Å². The molecule has 0 aliphatic carbocycles. The minimum absolute atomic E-state index is 0.167. The fourth-order valence-electron chi connectivity index (χ4n) is 5.26. The number of nitrogens with one attached hydrogen (secondary N) is 1. The van der Waals surface area contributed by atoms with E-state index in [2.05, 4.69) is 20.3 Å². The van der Waals surface area contributed by atoms with Crippen LogP contribution in [0.3, 0.4) is 0 Å². The largest absolute Gasteiger partial charge is 0.493 e. The number of nitrogens with two attached hydrogens (primary N) is 1. The molecule has 6 rings (SSSR count). The lowest BCUT2D eigenvalue weighted by molar-refractivity contribution is -0.0501. The van der Waals surface area contributed by atoms with Crippen LogP contribution in [0.5, 0.6) is 5.75 Å². The molecular formula is C33H36N6O6. The van der Waals surface area contributed by atoms with Crippen molar-refractivity contribution in [2.45, 2.75) is 44.1 Å². The summed E-state index contributed by atoms with van der Waals surface area (Å²) in [5, 5.41) is 33.9. The molecule has 3 aromatic carbocycles. The number of benzene rings is 3. The molecule has 0 unspecified atom stereocenters. The van der Waals surface area contributed by atoms with Crippen LogP contribution in [-0.4, -0.2) is 73.0 Å². The van der Waals surface area contributed by atoms with Gasteiger partial charge in [0.2, 0.25) is 5.95 Å². The van der Waals surface area contributed by atoms with Gasteiger partial charge >= 0.3 is 0 Å². The Balaban J connectivity index is 1.07. The van der Waals surface area contributed by atoms with E-state index in [1.807, 2.05) is 78.9 Å². The Morgan fingerprint density at radius 1 is 0.889 bits per heavy atom. The number of hydrogen-bond donors (Lipinski definition) is 5. The van der Waals surface area contributed by atoms with Crippen LogP contribution in [-0.2, 0) is 22.6 Å². The molecule has 12 heteroatoms. The first-order valence-corrected chi connectivity index (χ1v) is 14.8. The zero-order chi connectivity index (χ0) is 31.2. The van der Waals surface area contributed by atoms with Gasteiger partial charge in [-0.25, -0.2) is 15.0 Å². The van der Waals surface area contributed by atoms with Crippen molar-refractivity contribution >= 4 is 22.9 Å². The molecule has 3 heterocycles. The van der Waals surface area contributed by atoms with Gasteiger partial charge in [0.25, 0.3) is 0 Å². The number of aliphatic hydroxyl groups is 3. The van der Waals surface area contributed by atoms with Crippen LogP contribution in [0, 0.1) is 0 Å². The van der Waals surface area contributed by atoms with Crippen molar-refractivity contribution in [2.75, 3.05) is 30.9 Å². The third kappa shape index (κ3) is 6.90. The molecule has 5 aromatic rings. The maximum Gasteiger partial charge on any atom is 0.207 e. The predicted molar refractivity (Wildman–Crippen MR) is 168 cm³/mol. The van der Waals surface area contributed by atoms with Crippen molar-refractivity contribution in [3.8, 4) is 16.9 Å². The van der Waals surface area contributed by atoms with Gasteiger partial charge in [-0.3, -0.25) is 4.57 Å². The fraction of sp³-hybridized carbons (Fsp3) is 0.303. The monoisotopic (exact) mass is 612 g/mol. The summed E-state index contributed by atoms with van der Waals surface area (Å²) in [6, 6.07) is 26.2. The number of nitrogen functional groups attached to an aromatic ring is 1. The van der Waals surface area contributed by atoms with Crippen LogP contribution in [0.1, 0.15) is 23.8 Å². The molecular weight excluding hydrogens is 576 g/mol. The smallest absolute Gasteiger partial charge is 0.207 e. The van der Waals surface area contributed by atoms with Crippen LogP contribution in [0.15, 0.2) is 85.2 Å². The average Bonchev–Trinajstić information content (AvgIpc) is 3.59. The number of aromatic nitrogens is 4. The molecule has 1 fully saturated rings. The van der Waals surface area contributed by atoms with E-state index in [9.17, 15) is 15.3 Å². The van der Waals surface area contributed by atoms with Crippen LogP contribution < -0.4 is 15.8 Å². The molecule has 0 amide bonds. The van der Waals surface area contributed by atoms with Gasteiger partial charge in [-0.2, -0.15) is 0 Å². The van der Waals surface area contributed by atoms with Crippen molar-refractivity contribution in [2.24, 2.45) is 0 Å². The van der Waals surface area contributed by atoms with Crippen molar-refractivity contribution in [1.29, 1.82) is 0 Å². The molecule has 1 saturated heterocycles. The van der Waals surface area contributed by atoms with E-state index in [1.54, 1.807) is 0 Å². The summed E-state index contributed by atoms with van der Waals surface area (Å²) in [4.78, 5) is 12.9. The standard InChI is InChI=1S/C33H36N6O6/c34-30-27-31(37-20-36-30)39(32-29(42)28(41)26(18-40)45-32)33(38-27)35-17-21-10-12-23(13-11-21)24-8-4-9-25(16-24)44-15-5-14-43-19-22-6-2-1-3-7-22/h1-4,6-13,16,20,26,28-29,32,40-42H,5,14-15,17-19H2,(H,35,38)(H2,34,36,37)/t26-,28-,29-,32-/m1/s1. The van der Waals surface area contributed by atoms with Crippen molar-refractivity contribution in [3.63, 3.8) is 0 Å². The molecule has 0 radical (unpaired) electrons. The van der Waals surface area contributed by atoms with Crippen molar-refractivity contribution in [3.05, 3.63) is 96.3 Å². The summed E-state index contributed by atoms with van der Waals surface area (Å²) >= 11 is 0. The van der Waals surface area contributed by atoms with Gasteiger partial charge in [0.1, 0.15) is 30.4 Å². The lowest BCUT2D eigenvalue weighted by atomic mass is 10.0. The highest BCUT2D eigenvalue weighted by Crippen LogP contribution is 2.35. The minimum Gasteiger partial charge on any atom is -0.493 e. The Hall–Kier alpha value is -4.59. The highest BCUT2D eigenvalue weighted by Gasteiger charge is 2.45. The van der Waals surface area contributed by atoms with E-state index < -0.39 is 31.1 Å². The third-order valence-corrected chi connectivity index (χ3v) is 7.66. The predicted octanol–water partition coefficient (Wildman–Crippen LogP) is 3.28. The molecule has 234 valence electrons. The highest BCUT2D eigenvalue weighted by atomic mass is 16.6. The maximum absolute atomic E-state index is 10.7. The van der Waals surface area contributed by atoms with E-state index in [4.69, 9.17) is 19.9 Å². The Morgan fingerprint density at radius 3 is 2.49 bits per heavy atom. The van der Waals surface area contributed by atoms with Gasteiger partial charge in [-0.1, -0.05) is 66.7 Å². The molecule has 0 saturated carbocycles. The first-order chi connectivity index (χ1) is 22.0. The number of anilines is 2. The quantitative estimate of drug-likeness (QED) is 0.124. The number of nitrogens with zero attached hydrogens (tertiary/aromatic N) is 4. The Morgan fingerprint density at radius 2 is 1.71 bits per heavy atom. The Labute approximate surface area is 260 Å². The maximum atomic E-state index is 10.7. The second-order valence-corrected chi connectivity index (χ2v) is 10.8. The summed E-state index contributed by atoms with van der Waals surface area (Å²) in [5.74, 6) is 1.29. The first-order valence-electron chi connectivity index (χ1n) is 14.8. The second-order valence-electron chi connectivity index (χ2n) is 10.8. The van der Waals surface area contributed by atoms with Crippen LogP contribution >= 0.6 is 0 Å². The van der Waals surface area contributed by atoms with E-state index in [0.29, 0.717) is 43.5 Å². The van der Waals surface area contributed by atoms with E-state index in [-0.39, 0.29) is 5.82 Å². The molecule has 1 aliphatic rings. The van der Waals surface area contributed by atoms with E-state index in [1.165, 1.54) is 10.9 Å². The molecule has 0 bridgehead atoms. The number of ether oxygens (including phenoxy) is 3. The van der Waals surface area contributed by atoms with Crippen LogP contribution in [0.2, 0.25) is 0 Å². The highest BCUT2D eigenvalue weighted by molar-refractivity contribution is 5.84. The zero-order valence-electron chi connectivity index (χ0n) is 24.6. The third-order valence-electron chi connectivity index (χ3n) is 7.66. The number of hydrogen-bond acceptors (Lipinski definition) is 11. The molecule has 1 aliphatic heterocycles. The molecule has 0 spiro atoms. The summed E-state index contributed by atoms with van der Waals surface area (Å²) < 4.78 is 19.0. The Kier molecular flexibility index (Phi) is 9.48. The number of rotatable bonds is 13. The molecule has 2 aromatic heterocycles. The molecule has 6 N–H and O–H groups in total.